The Morgan fingerprint density at radius 1 is 1.38 bits per heavy atom. The van der Waals surface area contributed by atoms with E-state index in [4.69, 9.17) is 4.74 Å². The minimum Gasteiger partial charge on any atom is -0.483 e. The minimum atomic E-state index is -0.482. The second-order valence-corrected chi connectivity index (χ2v) is 5.73. The summed E-state index contributed by atoms with van der Waals surface area (Å²) in [7, 11) is 0. The molecule has 0 saturated heterocycles. The number of benzene rings is 1. The number of hydrogen-bond acceptors (Lipinski definition) is 3. The Kier molecular flexibility index (Phi) is 7.23. The highest BCUT2D eigenvalue weighted by atomic mass is 16.5. The molecule has 2 N–H and O–H groups in total. The van der Waals surface area contributed by atoms with E-state index in [0.29, 0.717) is 12.3 Å². The van der Waals surface area contributed by atoms with Gasteiger partial charge in [-0.1, -0.05) is 39.3 Å². The molecule has 0 aromatic heterocycles. The Balaban J connectivity index is 2.51. The van der Waals surface area contributed by atoms with Crippen LogP contribution in [0.3, 0.4) is 0 Å². The van der Waals surface area contributed by atoms with Gasteiger partial charge in [0, 0.05) is 6.54 Å². The quantitative estimate of drug-likeness (QED) is 0.775. The number of nitrogens with one attached hydrogen (secondary N) is 1. The zero-order valence-corrected chi connectivity index (χ0v) is 13.5. The van der Waals surface area contributed by atoms with Crippen LogP contribution >= 0.6 is 0 Å². The van der Waals surface area contributed by atoms with Gasteiger partial charge < -0.3 is 15.2 Å². The summed E-state index contributed by atoms with van der Waals surface area (Å²) in [6, 6.07) is 6.04. The maximum Gasteiger partial charge on any atom is 0.258 e. The lowest BCUT2D eigenvalue weighted by atomic mass is 10.0. The molecule has 0 spiro atoms. The Labute approximate surface area is 127 Å². The summed E-state index contributed by atoms with van der Waals surface area (Å²) in [5.74, 6) is 0.894. The van der Waals surface area contributed by atoms with Gasteiger partial charge in [-0.05, 0) is 36.5 Å². The number of aryl methyl sites for hydroxylation is 1. The van der Waals surface area contributed by atoms with Crippen LogP contribution in [0.1, 0.15) is 50.7 Å². The Morgan fingerprint density at radius 2 is 2.10 bits per heavy atom. The molecule has 0 saturated carbocycles. The number of ether oxygens (including phenoxy) is 1. The third-order valence-corrected chi connectivity index (χ3v) is 3.31. The van der Waals surface area contributed by atoms with Crippen molar-refractivity contribution in [2.24, 2.45) is 0 Å². The number of amides is 1. The molecule has 118 valence electrons. The topological polar surface area (TPSA) is 58.6 Å². The summed E-state index contributed by atoms with van der Waals surface area (Å²) in [6.45, 7) is 8.44. The molecule has 4 nitrogen and oxygen atoms in total. The van der Waals surface area contributed by atoms with Gasteiger partial charge in [0.15, 0.2) is 6.61 Å². The van der Waals surface area contributed by atoms with Crippen molar-refractivity contribution >= 4 is 5.91 Å². The molecule has 1 unspecified atom stereocenters. The van der Waals surface area contributed by atoms with Crippen LogP contribution in [0, 0.1) is 6.92 Å². The molecular formula is C17H27NO3. The van der Waals surface area contributed by atoms with Crippen LogP contribution in [0.2, 0.25) is 0 Å². The van der Waals surface area contributed by atoms with Crippen molar-refractivity contribution in [1.29, 1.82) is 0 Å². The SMILES string of the molecule is CCCC(O)CNC(=O)COc1cc(C)ccc1C(C)C. The highest BCUT2D eigenvalue weighted by molar-refractivity contribution is 5.77. The molecule has 1 amide bonds. The molecule has 0 aliphatic carbocycles. The molecule has 21 heavy (non-hydrogen) atoms. The molecule has 0 aliphatic heterocycles. The first-order valence-corrected chi connectivity index (χ1v) is 7.62. The van der Waals surface area contributed by atoms with E-state index in [1.54, 1.807) is 0 Å². The van der Waals surface area contributed by atoms with E-state index in [0.717, 1.165) is 23.3 Å². The summed E-state index contributed by atoms with van der Waals surface area (Å²) in [5.41, 5.74) is 2.20. The number of carbonyl (C=O) groups is 1. The maximum absolute atomic E-state index is 11.7. The van der Waals surface area contributed by atoms with E-state index in [9.17, 15) is 9.90 Å². The molecule has 0 heterocycles. The van der Waals surface area contributed by atoms with Gasteiger partial charge in [0.05, 0.1) is 6.10 Å². The molecule has 1 rings (SSSR count). The predicted molar refractivity (Wildman–Crippen MR) is 84.7 cm³/mol. The van der Waals surface area contributed by atoms with Crippen LogP contribution in [-0.4, -0.2) is 30.3 Å². The maximum atomic E-state index is 11.7. The predicted octanol–water partition coefficient (Wildman–Crippen LogP) is 2.77. The van der Waals surface area contributed by atoms with Gasteiger partial charge in [-0.3, -0.25) is 4.79 Å². The van der Waals surface area contributed by atoms with E-state index < -0.39 is 6.10 Å². The number of aliphatic hydroxyl groups excluding tert-OH is 1. The van der Waals surface area contributed by atoms with Crippen LogP contribution in [0.5, 0.6) is 5.75 Å². The highest BCUT2D eigenvalue weighted by Crippen LogP contribution is 2.27. The smallest absolute Gasteiger partial charge is 0.258 e. The van der Waals surface area contributed by atoms with Crippen molar-refractivity contribution in [1.82, 2.24) is 5.32 Å². The normalized spacial score (nSPS) is 12.3. The first kappa shape index (κ1) is 17.5. The largest absolute Gasteiger partial charge is 0.483 e. The summed E-state index contributed by atoms with van der Waals surface area (Å²) in [4.78, 5) is 11.7. The van der Waals surface area contributed by atoms with Crippen molar-refractivity contribution in [2.45, 2.75) is 52.6 Å². The molecule has 1 atom stereocenters. The fourth-order valence-corrected chi connectivity index (χ4v) is 2.10. The van der Waals surface area contributed by atoms with Crippen molar-refractivity contribution < 1.29 is 14.6 Å². The van der Waals surface area contributed by atoms with E-state index in [-0.39, 0.29) is 19.1 Å². The average Bonchev–Trinajstić information content (AvgIpc) is 2.43. The van der Waals surface area contributed by atoms with E-state index in [1.165, 1.54) is 0 Å². The third-order valence-electron chi connectivity index (χ3n) is 3.31. The van der Waals surface area contributed by atoms with Crippen molar-refractivity contribution in [3.63, 3.8) is 0 Å². The molecule has 0 bridgehead atoms. The van der Waals surface area contributed by atoms with Gasteiger partial charge in [-0.25, -0.2) is 0 Å². The van der Waals surface area contributed by atoms with Crippen molar-refractivity contribution in [2.75, 3.05) is 13.2 Å². The van der Waals surface area contributed by atoms with Crippen LogP contribution in [0.4, 0.5) is 0 Å². The van der Waals surface area contributed by atoms with Gasteiger partial charge in [0.1, 0.15) is 5.75 Å². The van der Waals surface area contributed by atoms with E-state index >= 15 is 0 Å². The van der Waals surface area contributed by atoms with Gasteiger partial charge in [-0.15, -0.1) is 0 Å². The van der Waals surface area contributed by atoms with Gasteiger partial charge >= 0.3 is 0 Å². The molecule has 0 fully saturated rings. The fraction of sp³-hybridized carbons (Fsp3) is 0.588. The number of hydrogen-bond donors (Lipinski definition) is 2. The van der Waals surface area contributed by atoms with E-state index in [2.05, 4.69) is 19.2 Å². The first-order valence-electron chi connectivity index (χ1n) is 7.62. The third kappa shape index (κ3) is 6.17. The summed E-state index contributed by atoms with van der Waals surface area (Å²) < 4.78 is 5.64. The van der Waals surface area contributed by atoms with Gasteiger partial charge in [0.25, 0.3) is 5.91 Å². The Bertz CT molecular complexity index is 457. The highest BCUT2D eigenvalue weighted by Gasteiger charge is 2.11. The van der Waals surface area contributed by atoms with Gasteiger partial charge in [-0.2, -0.15) is 0 Å². The van der Waals surface area contributed by atoms with Crippen LogP contribution in [-0.2, 0) is 4.79 Å². The summed E-state index contributed by atoms with van der Waals surface area (Å²) in [5, 5.41) is 12.3. The van der Waals surface area contributed by atoms with Crippen LogP contribution < -0.4 is 10.1 Å². The lowest BCUT2D eigenvalue weighted by Gasteiger charge is -2.15. The summed E-state index contributed by atoms with van der Waals surface area (Å²) >= 11 is 0. The zero-order chi connectivity index (χ0) is 15.8. The molecule has 4 heteroatoms. The zero-order valence-electron chi connectivity index (χ0n) is 13.5. The lowest BCUT2D eigenvalue weighted by molar-refractivity contribution is -0.123. The van der Waals surface area contributed by atoms with Gasteiger partial charge in [0.2, 0.25) is 0 Å². The fourth-order valence-electron chi connectivity index (χ4n) is 2.10. The first-order chi connectivity index (χ1) is 9.93. The molecule has 0 aliphatic rings. The lowest BCUT2D eigenvalue weighted by Crippen LogP contribution is -2.35. The Hall–Kier alpha value is -1.55. The molecule has 0 radical (unpaired) electrons. The van der Waals surface area contributed by atoms with E-state index in [1.807, 2.05) is 32.0 Å². The standard InChI is InChI=1S/C17H27NO3/c1-5-6-14(19)10-18-17(20)11-21-16-9-13(4)7-8-15(16)12(2)3/h7-9,12,14,19H,5-6,10-11H2,1-4H3,(H,18,20). The molecular weight excluding hydrogens is 266 g/mol. The van der Waals surface area contributed by atoms with Crippen LogP contribution in [0.15, 0.2) is 18.2 Å². The summed E-state index contributed by atoms with van der Waals surface area (Å²) in [6.07, 6.45) is 1.11. The second kappa shape index (κ2) is 8.67. The van der Waals surface area contributed by atoms with Crippen molar-refractivity contribution in [3.8, 4) is 5.75 Å². The van der Waals surface area contributed by atoms with Crippen molar-refractivity contribution in [3.05, 3.63) is 29.3 Å². The Morgan fingerprint density at radius 3 is 2.71 bits per heavy atom. The monoisotopic (exact) mass is 293 g/mol. The average molecular weight is 293 g/mol. The molecule has 1 aromatic carbocycles. The van der Waals surface area contributed by atoms with Crippen LogP contribution in [0.25, 0.3) is 0 Å². The minimum absolute atomic E-state index is 0.0258. The number of aliphatic hydroxyl groups is 1. The number of rotatable bonds is 8. The number of carbonyl (C=O) groups excluding carboxylic acids is 1. The second-order valence-electron chi connectivity index (χ2n) is 5.73. The molecule has 1 aromatic rings.